The van der Waals surface area contributed by atoms with Crippen LogP contribution in [-0.4, -0.2) is 25.1 Å². The molecule has 0 aliphatic heterocycles. The molecule has 3 nitrogen and oxygen atoms in total. The summed E-state index contributed by atoms with van der Waals surface area (Å²) in [6.45, 7) is 1.36. The maximum atomic E-state index is 9.99. The van der Waals surface area contributed by atoms with E-state index in [0.717, 1.165) is 0 Å². The van der Waals surface area contributed by atoms with Gasteiger partial charge >= 0.3 is 5.97 Å². The van der Waals surface area contributed by atoms with E-state index in [4.69, 9.17) is 0 Å². The Morgan fingerprint density at radius 2 is 1.88 bits per heavy atom. The van der Waals surface area contributed by atoms with Crippen LogP contribution < -0.4 is 0 Å². The SMILES string of the molecule is CC(=O)ON(C)C.[Cu]. The van der Waals surface area contributed by atoms with Gasteiger partial charge in [0.05, 0.1) is 0 Å². The quantitative estimate of drug-likeness (QED) is 0.407. The van der Waals surface area contributed by atoms with Crippen molar-refractivity contribution >= 4 is 5.97 Å². The smallest absolute Gasteiger partial charge is 0.321 e. The molecular formula is C4H9CuNO2. The third kappa shape index (κ3) is 9.34. The van der Waals surface area contributed by atoms with Crippen molar-refractivity contribution in [1.29, 1.82) is 0 Å². The third-order valence-corrected chi connectivity index (χ3v) is 0.311. The number of hydrogen-bond acceptors (Lipinski definition) is 3. The van der Waals surface area contributed by atoms with Gasteiger partial charge in [0.15, 0.2) is 0 Å². The number of nitrogens with zero attached hydrogens (tertiary/aromatic N) is 1. The Morgan fingerprint density at radius 1 is 1.50 bits per heavy atom. The van der Waals surface area contributed by atoms with Gasteiger partial charge in [-0.15, -0.1) is 5.06 Å². The van der Waals surface area contributed by atoms with Crippen molar-refractivity contribution in [1.82, 2.24) is 5.06 Å². The first-order valence-electron chi connectivity index (χ1n) is 1.99. The zero-order valence-electron chi connectivity index (χ0n) is 5.07. The topological polar surface area (TPSA) is 29.5 Å². The minimum Gasteiger partial charge on any atom is -0.369 e. The van der Waals surface area contributed by atoms with E-state index >= 15 is 0 Å². The van der Waals surface area contributed by atoms with Crippen molar-refractivity contribution in [3.63, 3.8) is 0 Å². The fraction of sp³-hybridized carbons (Fsp3) is 0.750. The van der Waals surface area contributed by atoms with Crippen LogP contribution in [-0.2, 0) is 26.7 Å². The van der Waals surface area contributed by atoms with E-state index in [9.17, 15) is 4.79 Å². The first-order valence-corrected chi connectivity index (χ1v) is 1.99. The third-order valence-electron chi connectivity index (χ3n) is 0.311. The molecule has 0 aromatic heterocycles. The summed E-state index contributed by atoms with van der Waals surface area (Å²) in [6, 6.07) is 0. The van der Waals surface area contributed by atoms with Crippen LogP contribution in [0.4, 0.5) is 0 Å². The van der Waals surface area contributed by atoms with Gasteiger partial charge in [0.25, 0.3) is 0 Å². The summed E-state index contributed by atoms with van der Waals surface area (Å²) in [7, 11) is 3.31. The zero-order chi connectivity index (χ0) is 5.86. The number of rotatable bonds is 1. The second-order valence-electron chi connectivity index (χ2n) is 1.40. The molecule has 0 aromatic carbocycles. The van der Waals surface area contributed by atoms with E-state index in [1.807, 2.05) is 0 Å². The number of carbonyl (C=O) groups is 1. The summed E-state index contributed by atoms with van der Waals surface area (Å²) in [5.74, 6) is -0.287. The van der Waals surface area contributed by atoms with Gasteiger partial charge in [-0.2, -0.15) is 0 Å². The number of carbonyl (C=O) groups excluding carboxylic acids is 1. The molecule has 0 saturated heterocycles. The first-order chi connectivity index (χ1) is 3.13. The van der Waals surface area contributed by atoms with Crippen LogP contribution in [0.15, 0.2) is 0 Å². The molecule has 0 N–H and O–H groups in total. The molecule has 0 saturated carbocycles. The van der Waals surface area contributed by atoms with Crippen LogP contribution in [0.2, 0.25) is 0 Å². The predicted octanol–water partition coefficient (Wildman–Crippen LogP) is 0.0236. The summed E-state index contributed by atoms with van der Waals surface area (Å²) >= 11 is 0. The van der Waals surface area contributed by atoms with Gasteiger partial charge in [-0.1, -0.05) is 0 Å². The Hall–Kier alpha value is -0.0505. The molecule has 8 heavy (non-hydrogen) atoms. The molecule has 4 heteroatoms. The second kappa shape index (κ2) is 5.09. The molecule has 0 aliphatic rings. The molecule has 53 valence electrons. The molecule has 0 atom stereocenters. The van der Waals surface area contributed by atoms with E-state index in [2.05, 4.69) is 4.84 Å². The Morgan fingerprint density at radius 3 is 1.88 bits per heavy atom. The summed E-state index contributed by atoms with van der Waals surface area (Å²) in [4.78, 5) is 14.4. The van der Waals surface area contributed by atoms with E-state index in [0.29, 0.717) is 0 Å². The van der Waals surface area contributed by atoms with Crippen molar-refractivity contribution in [2.24, 2.45) is 0 Å². The van der Waals surface area contributed by atoms with Crippen LogP contribution >= 0.6 is 0 Å². The summed E-state index contributed by atoms with van der Waals surface area (Å²) in [5, 5.41) is 1.35. The van der Waals surface area contributed by atoms with Crippen molar-refractivity contribution < 1.29 is 26.7 Å². The van der Waals surface area contributed by atoms with Gasteiger partial charge < -0.3 is 4.84 Å². The molecule has 0 rings (SSSR count). The molecule has 0 fully saturated rings. The Kier molecular flexibility index (Phi) is 6.91. The summed E-state index contributed by atoms with van der Waals surface area (Å²) < 4.78 is 0. The minimum absolute atomic E-state index is 0. The molecule has 0 bridgehead atoms. The van der Waals surface area contributed by atoms with E-state index in [1.54, 1.807) is 14.1 Å². The Labute approximate surface area is 59.4 Å². The molecule has 0 heterocycles. The molecule has 0 unspecified atom stereocenters. The molecular weight excluding hydrogens is 158 g/mol. The maximum absolute atomic E-state index is 9.99. The van der Waals surface area contributed by atoms with Gasteiger partial charge in [-0.05, 0) is 0 Å². The van der Waals surface area contributed by atoms with Gasteiger partial charge in [0, 0.05) is 38.1 Å². The van der Waals surface area contributed by atoms with Crippen molar-refractivity contribution in [2.75, 3.05) is 14.1 Å². The molecule has 0 aromatic rings. The van der Waals surface area contributed by atoms with Crippen molar-refractivity contribution in [3.05, 3.63) is 0 Å². The predicted molar refractivity (Wildman–Crippen MR) is 25.5 cm³/mol. The minimum atomic E-state index is -0.287. The van der Waals surface area contributed by atoms with E-state index in [1.165, 1.54) is 12.0 Å². The zero-order valence-corrected chi connectivity index (χ0v) is 6.01. The van der Waals surface area contributed by atoms with Crippen LogP contribution in [0.5, 0.6) is 0 Å². The molecule has 0 spiro atoms. The fourth-order valence-electron chi connectivity index (χ4n) is 0.257. The van der Waals surface area contributed by atoms with Gasteiger partial charge in [-0.25, -0.2) is 0 Å². The maximum Gasteiger partial charge on any atom is 0.321 e. The standard InChI is InChI=1S/C4H9NO2.Cu/c1-4(6)7-5(2)3;/h1-3H3;. The summed E-state index contributed by atoms with van der Waals surface area (Å²) in [6.07, 6.45) is 0. The van der Waals surface area contributed by atoms with Crippen LogP contribution in [0.1, 0.15) is 6.92 Å². The van der Waals surface area contributed by atoms with E-state index < -0.39 is 0 Å². The monoisotopic (exact) mass is 166 g/mol. The number of hydrogen-bond donors (Lipinski definition) is 0. The van der Waals surface area contributed by atoms with Crippen LogP contribution in [0.25, 0.3) is 0 Å². The summed E-state index contributed by atoms with van der Waals surface area (Å²) in [5.41, 5.74) is 0. The van der Waals surface area contributed by atoms with Crippen LogP contribution in [0, 0.1) is 0 Å². The largest absolute Gasteiger partial charge is 0.369 e. The Bertz CT molecular complexity index is 74.4. The normalized spacial score (nSPS) is 8.00. The molecule has 0 aliphatic carbocycles. The van der Waals surface area contributed by atoms with Gasteiger partial charge in [0.1, 0.15) is 0 Å². The molecule has 0 amide bonds. The van der Waals surface area contributed by atoms with Crippen LogP contribution in [0.3, 0.4) is 0 Å². The van der Waals surface area contributed by atoms with E-state index in [-0.39, 0.29) is 23.0 Å². The average molecular weight is 167 g/mol. The van der Waals surface area contributed by atoms with Gasteiger partial charge in [0.2, 0.25) is 0 Å². The van der Waals surface area contributed by atoms with Gasteiger partial charge in [-0.3, -0.25) is 4.79 Å². The second-order valence-corrected chi connectivity index (χ2v) is 1.40. The first kappa shape index (κ1) is 10.8. The fourth-order valence-corrected chi connectivity index (χ4v) is 0.257. The molecule has 1 radical (unpaired) electrons. The Balaban J connectivity index is 0. The van der Waals surface area contributed by atoms with Crippen molar-refractivity contribution in [2.45, 2.75) is 6.92 Å². The van der Waals surface area contributed by atoms with Crippen molar-refractivity contribution in [3.8, 4) is 0 Å². The number of hydroxylamine groups is 2. The average Bonchev–Trinajstić information content (AvgIpc) is 1.27.